The summed E-state index contributed by atoms with van der Waals surface area (Å²) in [5, 5.41) is 11.9. The van der Waals surface area contributed by atoms with Crippen LogP contribution in [0.1, 0.15) is 25.5 Å². The maximum absolute atomic E-state index is 8.72. The van der Waals surface area contributed by atoms with Crippen LogP contribution in [0.3, 0.4) is 0 Å². The fourth-order valence-corrected chi connectivity index (χ4v) is 1.04. The van der Waals surface area contributed by atoms with Crippen LogP contribution in [0.25, 0.3) is 0 Å². The number of unbranched alkanes of at least 4 members (excludes halogenated alkanes) is 1. The van der Waals surface area contributed by atoms with Gasteiger partial charge in [-0.2, -0.15) is 5.26 Å². The van der Waals surface area contributed by atoms with Gasteiger partial charge in [0.15, 0.2) is 5.69 Å². The number of nitrogens with zero attached hydrogens (tertiary/aromatic N) is 2. The van der Waals surface area contributed by atoms with Crippen LogP contribution in [0, 0.1) is 11.3 Å². The van der Waals surface area contributed by atoms with Crippen molar-refractivity contribution >= 4 is 5.69 Å². The molecule has 0 radical (unpaired) electrons. The number of anilines is 1. The number of hydrogen-bond acceptors (Lipinski definition) is 3. The van der Waals surface area contributed by atoms with Crippen LogP contribution in [-0.2, 0) is 0 Å². The van der Waals surface area contributed by atoms with Crippen molar-refractivity contribution in [3.63, 3.8) is 0 Å². The number of nitrogens with one attached hydrogen (secondary N) is 1. The zero-order chi connectivity index (χ0) is 9.52. The van der Waals surface area contributed by atoms with Gasteiger partial charge in [0.1, 0.15) is 6.07 Å². The Bertz CT molecular complexity index is 301. The molecule has 68 valence electrons. The summed E-state index contributed by atoms with van der Waals surface area (Å²) < 4.78 is 0. The normalized spacial score (nSPS) is 9.23. The van der Waals surface area contributed by atoms with E-state index < -0.39 is 0 Å². The van der Waals surface area contributed by atoms with Gasteiger partial charge in [0, 0.05) is 12.7 Å². The molecule has 0 saturated carbocycles. The van der Waals surface area contributed by atoms with Gasteiger partial charge >= 0.3 is 0 Å². The van der Waals surface area contributed by atoms with Gasteiger partial charge in [0.25, 0.3) is 0 Å². The Morgan fingerprint density at radius 3 is 3.15 bits per heavy atom. The van der Waals surface area contributed by atoms with Crippen molar-refractivity contribution in [3.05, 3.63) is 24.0 Å². The standard InChI is InChI=1S/C10H13N3/c1-2-3-6-12-9-5-4-7-13-10(9)8-11/h4-5,7,12H,2-3,6H2,1H3. The van der Waals surface area contributed by atoms with Gasteiger partial charge in [0.05, 0.1) is 5.69 Å². The smallest absolute Gasteiger partial charge is 0.163 e. The van der Waals surface area contributed by atoms with Crippen LogP contribution in [-0.4, -0.2) is 11.5 Å². The molecule has 0 fully saturated rings. The number of aromatic nitrogens is 1. The third-order valence-corrected chi connectivity index (χ3v) is 1.76. The first-order valence-corrected chi connectivity index (χ1v) is 4.47. The van der Waals surface area contributed by atoms with Gasteiger partial charge in [-0.15, -0.1) is 0 Å². The van der Waals surface area contributed by atoms with Crippen molar-refractivity contribution in [2.75, 3.05) is 11.9 Å². The molecule has 0 spiro atoms. The van der Waals surface area contributed by atoms with Gasteiger partial charge in [-0.25, -0.2) is 4.98 Å². The fourth-order valence-electron chi connectivity index (χ4n) is 1.04. The predicted molar refractivity (Wildman–Crippen MR) is 52.3 cm³/mol. The predicted octanol–water partition coefficient (Wildman–Crippen LogP) is 2.17. The van der Waals surface area contributed by atoms with Gasteiger partial charge in [-0.1, -0.05) is 13.3 Å². The highest BCUT2D eigenvalue weighted by atomic mass is 14.9. The number of pyridine rings is 1. The minimum atomic E-state index is 0.471. The van der Waals surface area contributed by atoms with Gasteiger partial charge in [-0.05, 0) is 18.6 Å². The van der Waals surface area contributed by atoms with Crippen molar-refractivity contribution in [1.29, 1.82) is 5.26 Å². The molecule has 0 atom stereocenters. The Morgan fingerprint density at radius 2 is 2.46 bits per heavy atom. The maximum Gasteiger partial charge on any atom is 0.163 e. The summed E-state index contributed by atoms with van der Waals surface area (Å²) in [5.41, 5.74) is 1.30. The van der Waals surface area contributed by atoms with E-state index in [9.17, 15) is 0 Å². The third kappa shape index (κ3) is 2.75. The molecule has 0 bridgehead atoms. The summed E-state index contributed by atoms with van der Waals surface area (Å²) in [5.74, 6) is 0. The van der Waals surface area contributed by atoms with Crippen LogP contribution < -0.4 is 5.32 Å². The monoisotopic (exact) mass is 175 g/mol. The minimum absolute atomic E-state index is 0.471. The molecule has 0 unspecified atom stereocenters. The van der Waals surface area contributed by atoms with Crippen molar-refractivity contribution in [3.8, 4) is 6.07 Å². The first-order valence-electron chi connectivity index (χ1n) is 4.47. The zero-order valence-corrected chi connectivity index (χ0v) is 7.75. The van der Waals surface area contributed by atoms with Gasteiger partial charge in [-0.3, -0.25) is 0 Å². The Hall–Kier alpha value is -1.56. The Balaban J connectivity index is 2.60. The first-order chi connectivity index (χ1) is 6.38. The van der Waals surface area contributed by atoms with Gasteiger partial charge < -0.3 is 5.32 Å². The van der Waals surface area contributed by atoms with Crippen molar-refractivity contribution in [1.82, 2.24) is 4.98 Å². The lowest BCUT2D eigenvalue weighted by atomic mass is 10.3. The summed E-state index contributed by atoms with van der Waals surface area (Å²) in [6.45, 7) is 3.03. The summed E-state index contributed by atoms with van der Waals surface area (Å²) in [7, 11) is 0. The average molecular weight is 175 g/mol. The molecule has 0 aliphatic carbocycles. The molecular formula is C10H13N3. The second-order valence-corrected chi connectivity index (χ2v) is 2.79. The maximum atomic E-state index is 8.72. The van der Waals surface area contributed by atoms with Crippen LogP contribution in [0.4, 0.5) is 5.69 Å². The molecule has 1 aromatic heterocycles. The third-order valence-electron chi connectivity index (χ3n) is 1.76. The van der Waals surface area contributed by atoms with E-state index in [0.717, 1.165) is 25.1 Å². The quantitative estimate of drug-likeness (QED) is 0.713. The van der Waals surface area contributed by atoms with Crippen molar-refractivity contribution in [2.45, 2.75) is 19.8 Å². The molecule has 1 heterocycles. The molecule has 3 nitrogen and oxygen atoms in total. The van der Waals surface area contributed by atoms with E-state index in [1.807, 2.05) is 18.2 Å². The molecule has 1 aromatic rings. The highest BCUT2D eigenvalue weighted by Crippen LogP contribution is 2.10. The molecule has 0 aliphatic rings. The van der Waals surface area contributed by atoms with E-state index in [4.69, 9.17) is 5.26 Å². The SMILES string of the molecule is CCCCNc1cccnc1C#N. The van der Waals surface area contributed by atoms with Crippen LogP contribution in [0.5, 0.6) is 0 Å². The second kappa shape index (κ2) is 5.15. The zero-order valence-electron chi connectivity index (χ0n) is 7.75. The summed E-state index contributed by atoms with van der Waals surface area (Å²) >= 11 is 0. The lowest BCUT2D eigenvalue weighted by Crippen LogP contribution is -2.03. The molecular weight excluding hydrogens is 162 g/mol. The Morgan fingerprint density at radius 1 is 1.62 bits per heavy atom. The molecule has 0 aromatic carbocycles. The van der Waals surface area contributed by atoms with Gasteiger partial charge in [0.2, 0.25) is 0 Å². The average Bonchev–Trinajstić information content (AvgIpc) is 2.19. The lowest BCUT2D eigenvalue weighted by molar-refractivity contribution is 0.833. The van der Waals surface area contributed by atoms with Crippen LogP contribution in [0.2, 0.25) is 0 Å². The van der Waals surface area contributed by atoms with E-state index in [1.54, 1.807) is 6.20 Å². The van der Waals surface area contributed by atoms with E-state index in [2.05, 4.69) is 17.2 Å². The van der Waals surface area contributed by atoms with Crippen molar-refractivity contribution < 1.29 is 0 Å². The molecule has 3 heteroatoms. The minimum Gasteiger partial charge on any atom is -0.383 e. The summed E-state index contributed by atoms with van der Waals surface area (Å²) in [6.07, 6.45) is 3.89. The first kappa shape index (κ1) is 9.53. The lowest BCUT2D eigenvalue weighted by Gasteiger charge is -2.05. The number of hydrogen-bond donors (Lipinski definition) is 1. The van der Waals surface area contributed by atoms with E-state index in [0.29, 0.717) is 5.69 Å². The summed E-state index contributed by atoms with van der Waals surface area (Å²) in [4.78, 5) is 3.95. The number of nitriles is 1. The Labute approximate surface area is 78.4 Å². The largest absolute Gasteiger partial charge is 0.383 e. The van der Waals surface area contributed by atoms with Crippen LogP contribution in [0.15, 0.2) is 18.3 Å². The molecule has 1 N–H and O–H groups in total. The molecule has 0 amide bonds. The molecule has 1 rings (SSSR count). The van der Waals surface area contributed by atoms with E-state index in [-0.39, 0.29) is 0 Å². The molecule has 0 aliphatic heterocycles. The van der Waals surface area contributed by atoms with E-state index in [1.165, 1.54) is 0 Å². The van der Waals surface area contributed by atoms with Crippen LogP contribution >= 0.6 is 0 Å². The van der Waals surface area contributed by atoms with Crippen molar-refractivity contribution in [2.24, 2.45) is 0 Å². The summed E-state index contributed by atoms with van der Waals surface area (Å²) in [6, 6.07) is 5.75. The second-order valence-electron chi connectivity index (χ2n) is 2.79. The van der Waals surface area contributed by atoms with E-state index >= 15 is 0 Å². The fraction of sp³-hybridized carbons (Fsp3) is 0.400. The highest BCUT2D eigenvalue weighted by molar-refractivity contribution is 5.53. The number of rotatable bonds is 4. The molecule has 0 saturated heterocycles. The topological polar surface area (TPSA) is 48.7 Å². The highest BCUT2D eigenvalue weighted by Gasteiger charge is 1.99. The molecule has 13 heavy (non-hydrogen) atoms. The Kier molecular flexibility index (Phi) is 3.77.